The van der Waals surface area contributed by atoms with Crippen molar-refractivity contribution in [3.8, 4) is 5.75 Å². The van der Waals surface area contributed by atoms with Gasteiger partial charge in [-0.1, -0.05) is 24.3 Å². The van der Waals surface area contributed by atoms with Crippen LogP contribution in [0, 0.1) is 13.8 Å². The summed E-state index contributed by atoms with van der Waals surface area (Å²) >= 11 is 5.53. The van der Waals surface area contributed by atoms with E-state index in [2.05, 4.69) is 62.6 Å². The van der Waals surface area contributed by atoms with Crippen LogP contribution in [-0.2, 0) is 0 Å². The number of aryl methyl sites for hydroxylation is 2. The van der Waals surface area contributed by atoms with Crippen LogP contribution >= 0.6 is 12.2 Å². The van der Waals surface area contributed by atoms with Crippen LogP contribution in [0.3, 0.4) is 0 Å². The summed E-state index contributed by atoms with van der Waals surface area (Å²) in [7, 11) is 0. The van der Waals surface area contributed by atoms with Gasteiger partial charge in [0.15, 0.2) is 5.11 Å². The molecule has 0 amide bonds. The molecule has 0 aliphatic carbocycles. The second kappa shape index (κ2) is 6.44. The largest absolute Gasteiger partial charge is 0.487 e. The van der Waals surface area contributed by atoms with Crippen LogP contribution in [0.5, 0.6) is 5.75 Å². The zero-order valence-electron chi connectivity index (χ0n) is 14.6. The van der Waals surface area contributed by atoms with Gasteiger partial charge >= 0.3 is 0 Å². The summed E-state index contributed by atoms with van der Waals surface area (Å²) in [4.78, 5) is 0. The molecule has 3 rings (SSSR count). The van der Waals surface area contributed by atoms with Crippen molar-refractivity contribution in [2.24, 2.45) is 0 Å². The van der Waals surface area contributed by atoms with E-state index in [1.807, 2.05) is 18.2 Å². The molecule has 3 nitrogen and oxygen atoms in total. The van der Waals surface area contributed by atoms with Crippen LogP contribution in [-0.4, -0.2) is 10.7 Å². The smallest absolute Gasteiger partial charge is 0.171 e. The number of hydrogen-bond acceptors (Lipinski definition) is 2. The van der Waals surface area contributed by atoms with Crippen molar-refractivity contribution < 1.29 is 4.74 Å². The van der Waals surface area contributed by atoms with Gasteiger partial charge in [0.1, 0.15) is 11.4 Å². The standard InChI is InChI=1S/C20H24N2OS/c1-13-9-10-15(11-14(13)2)21-19(24)22-17-12-20(3,4)23-18-8-6-5-7-16(17)18/h5-11,17H,12H2,1-4H3,(H2,21,22,24)/t17-/m0/s1. The maximum absolute atomic E-state index is 6.07. The molecule has 24 heavy (non-hydrogen) atoms. The summed E-state index contributed by atoms with van der Waals surface area (Å²) in [5.74, 6) is 0.931. The van der Waals surface area contributed by atoms with E-state index < -0.39 is 0 Å². The van der Waals surface area contributed by atoms with E-state index in [-0.39, 0.29) is 11.6 Å². The Balaban J connectivity index is 1.75. The highest BCUT2D eigenvalue weighted by molar-refractivity contribution is 7.80. The summed E-state index contributed by atoms with van der Waals surface area (Å²) in [6.45, 7) is 8.43. The quantitative estimate of drug-likeness (QED) is 0.763. The maximum atomic E-state index is 6.07. The maximum Gasteiger partial charge on any atom is 0.171 e. The van der Waals surface area contributed by atoms with Crippen LogP contribution < -0.4 is 15.4 Å². The molecule has 2 N–H and O–H groups in total. The van der Waals surface area contributed by atoms with Crippen LogP contribution in [0.2, 0.25) is 0 Å². The highest BCUT2D eigenvalue weighted by atomic mass is 32.1. The molecule has 0 radical (unpaired) electrons. The number of ether oxygens (including phenoxy) is 1. The third-order valence-corrected chi connectivity index (χ3v) is 4.67. The van der Waals surface area contributed by atoms with Crippen LogP contribution in [0.4, 0.5) is 5.69 Å². The lowest BCUT2D eigenvalue weighted by Crippen LogP contribution is -2.42. The van der Waals surface area contributed by atoms with E-state index >= 15 is 0 Å². The highest BCUT2D eigenvalue weighted by Gasteiger charge is 2.33. The molecule has 1 heterocycles. The molecule has 0 fully saturated rings. The minimum absolute atomic E-state index is 0.136. The van der Waals surface area contributed by atoms with Gasteiger partial charge in [-0.3, -0.25) is 0 Å². The zero-order valence-corrected chi connectivity index (χ0v) is 15.5. The molecular formula is C20H24N2OS. The first kappa shape index (κ1) is 16.8. The third-order valence-electron chi connectivity index (χ3n) is 4.45. The van der Waals surface area contributed by atoms with Gasteiger partial charge in [-0.05, 0) is 69.2 Å². The Labute approximate surface area is 149 Å². The average Bonchev–Trinajstić information content (AvgIpc) is 2.50. The third kappa shape index (κ3) is 3.70. The van der Waals surface area contributed by atoms with Crippen molar-refractivity contribution in [1.82, 2.24) is 5.32 Å². The number of anilines is 1. The van der Waals surface area contributed by atoms with Crippen molar-refractivity contribution in [3.05, 3.63) is 59.2 Å². The van der Waals surface area contributed by atoms with Gasteiger partial charge in [0.2, 0.25) is 0 Å². The number of para-hydroxylation sites is 1. The Morgan fingerprint density at radius 2 is 1.88 bits per heavy atom. The van der Waals surface area contributed by atoms with E-state index in [4.69, 9.17) is 17.0 Å². The van der Waals surface area contributed by atoms with E-state index in [0.717, 1.165) is 23.4 Å². The first-order valence-corrected chi connectivity index (χ1v) is 8.68. The Morgan fingerprint density at radius 3 is 2.62 bits per heavy atom. The summed E-state index contributed by atoms with van der Waals surface area (Å²) in [6, 6.07) is 14.6. The number of rotatable bonds is 2. The Morgan fingerprint density at radius 1 is 1.12 bits per heavy atom. The Kier molecular flexibility index (Phi) is 4.50. The lowest BCUT2D eigenvalue weighted by Gasteiger charge is -2.38. The van der Waals surface area contributed by atoms with Gasteiger partial charge in [-0.15, -0.1) is 0 Å². The number of fused-ring (bicyclic) bond motifs is 1. The second-order valence-corrected chi connectivity index (χ2v) is 7.46. The second-order valence-electron chi connectivity index (χ2n) is 7.05. The van der Waals surface area contributed by atoms with Crippen molar-refractivity contribution in [2.45, 2.75) is 45.8 Å². The van der Waals surface area contributed by atoms with Crippen molar-refractivity contribution in [3.63, 3.8) is 0 Å². The summed E-state index contributed by atoms with van der Waals surface area (Å²) in [5, 5.41) is 7.38. The average molecular weight is 340 g/mol. The van der Waals surface area contributed by atoms with E-state index in [1.54, 1.807) is 0 Å². The molecule has 126 valence electrons. The van der Waals surface area contributed by atoms with Crippen molar-refractivity contribution >= 4 is 23.0 Å². The number of hydrogen-bond donors (Lipinski definition) is 2. The molecule has 1 aliphatic heterocycles. The molecule has 0 saturated carbocycles. The van der Waals surface area contributed by atoms with Crippen LogP contribution in [0.15, 0.2) is 42.5 Å². The number of benzene rings is 2. The molecule has 0 spiro atoms. The molecule has 0 aromatic heterocycles. The number of thiocarbonyl (C=S) groups is 1. The lowest BCUT2D eigenvalue weighted by molar-refractivity contribution is 0.0697. The SMILES string of the molecule is Cc1ccc(NC(=S)N[C@H]2CC(C)(C)Oc3ccccc32)cc1C. The van der Waals surface area contributed by atoms with Crippen molar-refractivity contribution in [2.75, 3.05) is 5.32 Å². The van der Waals surface area contributed by atoms with E-state index in [9.17, 15) is 0 Å². The summed E-state index contributed by atoms with van der Waals surface area (Å²) in [6.07, 6.45) is 0.860. The van der Waals surface area contributed by atoms with Crippen molar-refractivity contribution in [1.29, 1.82) is 0 Å². The molecule has 1 aliphatic rings. The predicted molar refractivity (Wildman–Crippen MR) is 104 cm³/mol. The minimum Gasteiger partial charge on any atom is -0.487 e. The highest BCUT2D eigenvalue weighted by Crippen LogP contribution is 2.39. The van der Waals surface area contributed by atoms with Gasteiger partial charge in [-0.2, -0.15) is 0 Å². The fraction of sp³-hybridized carbons (Fsp3) is 0.350. The van der Waals surface area contributed by atoms with Gasteiger partial charge in [0.25, 0.3) is 0 Å². The molecule has 2 aromatic rings. The molecule has 0 bridgehead atoms. The van der Waals surface area contributed by atoms with Gasteiger partial charge in [-0.25, -0.2) is 0 Å². The molecule has 1 atom stereocenters. The Bertz CT molecular complexity index is 770. The molecule has 0 unspecified atom stereocenters. The van der Waals surface area contributed by atoms with E-state index in [0.29, 0.717) is 5.11 Å². The first-order valence-electron chi connectivity index (χ1n) is 8.27. The zero-order chi connectivity index (χ0) is 17.3. The molecular weight excluding hydrogens is 316 g/mol. The van der Waals surface area contributed by atoms with Crippen LogP contribution in [0.1, 0.15) is 43.0 Å². The lowest BCUT2D eigenvalue weighted by atomic mass is 9.90. The number of nitrogens with one attached hydrogen (secondary N) is 2. The van der Waals surface area contributed by atoms with Gasteiger partial charge in [0, 0.05) is 17.7 Å². The molecule has 2 aromatic carbocycles. The fourth-order valence-corrected chi connectivity index (χ4v) is 3.34. The van der Waals surface area contributed by atoms with Gasteiger partial charge < -0.3 is 15.4 Å². The van der Waals surface area contributed by atoms with Crippen LogP contribution in [0.25, 0.3) is 0 Å². The monoisotopic (exact) mass is 340 g/mol. The normalized spacial score (nSPS) is 18.2. The minimum atomic E-state index is -0.220. The predicted octanol–water partition coefficient (Wildman–Crippen LogP) is 4.89. The summed E-state index contributed by atoms with van der Waals surface area (Å²) in [5.41, 5.74) is 4.47. The summed E-state index contributed by atoms with van der Waals surface area (Å²) < 4.78 is 6.07. The first-order chi connectivity index (χ1) is 11.3. The topological polar surface area (TPSA) is 33.3 Å². The fourth-order valence-electron chi connectivity index (χ4n) is 3.08. The molecule has 4 heteroatoms. The Hall–Kier alpha value is -2.07. The van der Waals surface area contributed by atoms with E-state index in [1.165, 1.54) is 11.1 Å². The molecule has 0 saturated heterocycles. The van der Waals surface area contributed by atoms with Gasteiger partial charge in [0.05, 0.1) is 6.04 Å².